The zero-order chi connectivity index (χ0) is 17.2. The molecule has 130 valence electrons. The van der Waals surface area contributed by atoms with Crippen LogP contribution < -0.4 is 4.74 Å². The Hall–Kier alpha value is -2.19. The van der Waals surface area contributed by atoms with Gasteiger partial charge in [-0.2, -0.15) is 0 Å². The summed E-state index contributed by atoms with van der Waals surface area (Å²) >= 11 is 0. The van der Waals surface area contributed by atoms with Crippen LogP contribution in [-0.4, -0.2) is 54.4 Å². The van der Waals surface area contributed by atoms with Crippen LogP contribution in [0.15, 0.2) is 18.2 Å². The van der Waals surface area contributed by atoms with Crippen LogP contribution in [0, 0.1) is 10.1 Å². The molecule has 0 unspecified atom stereocenters. The summed E-state index contributed by atoms with van der Waals surface area (Å²) in [6.45, 7) is 4.24. The first-order valence-corrected chi connectivity index (χ1v) is 8.03. The monoisotopic (exact) mass is 336 g/mol. The summed E-state index contributed by atoms with van der Waals surface area (Å²) in [6.07, 6.45) is 1.22. The first-order chi connectivity index (χ1) is 11.5. The number of benzene rings is 1. The van der Waals surface area contributed by atoms with Gasteiger partial charge in [0.2, 0.25) is 0 Å². The van der Waals surface area contributed by atoms with Gasteiger partial charge >= 0.3 is 5.69 Å². The van der Waals surface area contributed by atoms with Crippen molar-refractivity contribution in [2.24, 2.45) is 0 Å². The van der Waals surface area contributed by atoms with E-state index >= 15 is 0 Å². The second kappa shape index (κ2) is 6.74. The minimum atomic E-state index is -0.554. The Morgan fingerprint density at radius 3 is 2.58 bits per heavy atom. The molecule has 2 heterocycles. The third kappa shape index (κ3) is 3.20. The molecule has 0 bridgehead atoms. The Kier molecular flexibility index (Phi) is 4.68. The maximum absolute atomic E-state index is 12.6. The molecule has 8 heteroatoms. The van der Waals surface area contributed by atoms with Crippen LogP contribution in [0.2, 0.25) is 0 Å². The zero-order valence-corrected chi connectivity index (χ0v) is 13.5. The summed E-state index contributed by atoms with van der Waals surface area (Å²) in [4.78, 5) is 25.0. The van der Waals surface area contributed by atoms with Crippen LogP contribution >= 0.6 is 0 Å². The summed E-state index contributed by atoms with van der Waals surface area (Å²) in [6, 6.07) is 4.32. The smallest absolute Gasteiger partial charge is 0.311 e. The maximum atomic E-state index is 12.6. The van der Waals surface area contributed by atoms with Gasteiger partial charge in [-0.1, -0.05) is 0 Å². The van der Waals surface area contributed by atoms with Crippen LogP contribution in [-0.2, 0) is 9.47 Å². The van der Waals surface area contributed by atoms with E-state index in [1.54, 1.807) is 17.9 Å². The molecule has 8 nitrogen and oxygen atoms in total. The summed E-state index contributed by atoms with van der Waals surface area (Å²) in [5.74, 6) is -0.611. The average Bonchev–Trinajstić information content (AvgIpc) is 3.03. The van der Waals surface area contributed by atoms with Gasteiger partial charge in [-0.3, -0.25) is 14.9 Å². The van der Waals surface area contributed by atoms with E-state index in [1.165, 1.54) is 12.1 Å². The van der Waals surface area contributed by atoms with Gasteiger partial charge in [0.25, 0.3) is 5.91 Å². The van der Waals surface area contributed by atoms with Crippen molar-refractivity contribution in [3.63, 3.8) is 0 Å². The highest BCUT2D eigenvalue weighted by atomic mass is 16.7. The molecule has 2 saturated heterocycles. The number of nitrogens with zero attached hydrogens (tertiary/aromatic N) is 2. The number of hydrogen-bond donors (Lipinski definition) is 0. The highest BCUT2D eigenvalue weighted by molar-refractivity contribution is 5.95. The Labute approximate surface area is 139 Å². The van der Waals surface area contributed by atoms with Crippen molar-refractivity contribution in [1.29, 1.82) is 0 Å². The molecule has 1 spiro atoms. The van der Waals surface area contributed by atoms with Crippen LogP contribution in [0.1, 0.15) is 30.1 Å². The van der Waals surface area contributed by atoms with Gasteiger partial charge in [0.05, 0.1) is 24.7 Å². The van der Waals surface area contributed by atoms with Crippen molar-refractivity contribution in [1.82, 2.24) is 4.90 Å². The van der Waals surface area contributed by atoms with Crippen LogP contribution in [0.25, 0.3) is 0 Å². The fraction of sp³-hybridized carbons (Fsp3) is 0.562. The summed E-state index contributed by atoms with van der Waals surface area (Å²) in [7, 11) is 0. The summed E-state index contributed by atoms with van der Waals surface area (Å²) in [5, 5.41) is 11.2. The second-order valence-corrected chi connectivity index (χ2v) is 5.77. The lowest BCUT2D eigenvalue weighted by atomic mass is 10.0. The molecule has 0 N–H and O–H groups in total. The number of hydrogen-bond acceptors (Lipinski definition) is 6. The second-order valence-electron chi connectivity index (χ2n) is 5.77. The molecule has 0 aromatic heterocycles. The van der Waals surface area contributed by atoms with Gasteiger partial charge in [-0.05, 0) is 19.1 Å². The van der Waals surface area contributed by atoms with Crippen LogP contribution in [0.4, 0.5) is 5.69 Å². The van der Waals surface area contributed by atoms with Crippen molar-refractivity contribution in [3.8, 4) is 5.75 Å². The first-order valence-electron chi connectivity index (χ1n) is 8.03. The highest BCUT2D eigenvalue weighted by Gasteiger charge is 2.41. The van der Waals surface area contributed by atoms with Crippen molar-refractivity contribution >= 4 is 11.6 Å². The lowest BCUT2D eigenvalue weighted by Gasteiger charge is -2.37. The molecule has 2 aliphatic heterocycles. The topological polar surface area (TPSA) is 91.1 Å². The van der Waals surface area contributed by atoms with Crippen LogP contribution in [0.3, 0.4) is 0 Å². The maximum Gasteiger partial charge on any atom is 0.311 e. The van der Waals surface area contributed by atoms with E-state index in [2.05, 4.69) is 0 Å². The van der Waals surface area contributed by atoms with E-state index in [0.29, 0.717) is 45.8 Å². The molecular formula is C16H20N2O6. The molecular weight excluding hydrogens is 316 g/mol. The molecule has 24 heavy (non-hydrogen) atoms. The van der Waals surface area contributed by atoms with Crippen molar-refractivity contribution < 1.29 is 23.9 Å². The Bertz CT molecular complexity index is 631. The van der Waals surface area contributed by atoms with Gasteiger partial charge in [0.1, 0.15) is 0 Å². The summed E-state index contributed by atoms with van der Waals surface area (Å²) in [5.41, 5.74) is 0.0907. The molecule has 0 atom stereocenters. The molecule has 0 radical (unpaired) electrons. The van der Waals surface area contributed by atoms with E-state index in [0.717, 1.165) is 0 Å². The number of piperidine rings is 1. The predicted molar refractivity (Wildman–Crippen MR) is 84.0 cm³/mol. The standard InChI is InChI=1S/C16H20N2O6/c1-2-22-14-4-3-12(11-13(14)18(20)21)15(19)17-7-5-16(6-8-17)23-9-10-24-16/h3-4,11H,2,5-10H2,1H3. The molecule has 1 aromatic rings. The zero-order valence-electron chi connectivity index (χ0n) is 13.5. The molecule has 0 saturated carbocycles. The third-order valence-electron chi connectivity index (χ3n) is 4.33. The number of ether oxygens (including phenoxy) is 3. The Balaban J connectivity index is 1.73. The lowest BCUT2D eigenvalue weighted by molar-refractivity contribution is -0.385. The van der Waals surface area contributed by atoms with Crippen molar-refractivity contribution in [3.05, 3.63) is 33.9 Å². The fourth-order valence-corrected chi connectivity index (χ4v) is 3.09. The Morgan fingerprint density at radius 1 is 1.33 bits per heavy atom. The molecule has 3 rings (SSSR count). The number of nitro benzene ring substituents is 1. The Morgan fingerprint density at radius 2 is 2.00 bits per heavy atom. The van der Waals surface area contributed by atoms with Crippen molar-refractivity contribution in [2.75, 3.05) is 32.9 Å². The average molecular weight is 336 g/mol. The third-order valence-corrected chi connectivity index (χ3v) is 4.33. The summed E-state index contributed by atoms with van der Waals surface area (Å²) < 4.78 is 16.5. The first kappa shape index (κ1) is 16.7. The van der Waals surface area contributed by atoms with Gasteiger partial charge < -0.3 is 19.1 Å². The minimum Gasteiger partial charge on any atom is -0.487 e. The predicted octanol–water partition coefficient (Wildman–Crippen LogP) is 1.97. The number of carbonyl (C=O) groups excluding carboxylic acids is 1. The highest BCUT2D eigenvalue weighted by Crippen LogP contribution is 2.33. The number of nitro groups is 1. The largest absolute Gasteiger partial charge is 0.487 e. The number of rotatable bonds is 4. The fourth-order valence-electron chi connectivity index (χ4n) is 3.09. The van der Waals surface area contributed by atoms with E-state index in [4.69, 9.17) is 14.2 Å². The minimum absolute atomic E-state index is 0.171. The van der Waals surface area contributed by atoms with Crippen molar-refractivity contribution in [2.45, 2.75) is 25.6 Å². The van der Waals surface area contributed by atoms with Gasteiger partial charge in [0.15, 0.2) is 11.5 Å². The lowest BCUT2D eigenvalue weighted by Crippen LogP contribution is -2.47. The molecule has 1 amide bonds. The molecule has 0 aliphatic carbocycles. The van der Waals surface area contributed by atoms with Gasteiger partial charge in [-0.15, -0.1) is 0 Å². The molecule has 1 aromatic carbocycles. The SMILES string of the molecule is CCOc1ccc(C(=O)N2CCC3(CC2)OCCO3)cc1[N+](=O)[O-]. The van der Waals surface area contributed by atoms with E-state index in [9.17, 15) is 14.9 Å². The van der Waals surface area contributed by atoms with Gasteiger partial charge in [-0.25, -0.2) is 0 Å². The number of likely N-dealkylation sites (tertiary alicyclic amines) is 1. The molecule has 2 aliphatic rings. The van der Waals surface area contributed by atoms with Crippen LogP contribution in [0.5, 0.6) is 5.75 Å². The quantitative estimate of drug-likeness (QED) is 0.617. The number of amides is 1. The molecule has 2 fully saturated rings. The van der Waals surface area contributed by atoms with Gasteiger partial charge in [0, 0.05) is 37.6 Å². The van der Waals surface area contributed by atoms with E-state index < -0.39 is 10.7 Å². The number of carbonyl (C=O) groups is 1. The normalized spacial score (nSPS) is 19.5. The van der Waals surface area contributed by atoms with E-state index in [1.807, 2.05) is 0 Å². The van der Waals surface area contributed by atoms with E-state index in [-0.39, 0.29) is 22.9 Å².